The molecule has 1 heterocycles. The zero-order valence-electron chi connectivity index (χ0n) is 15.9. The maximum Gasteiger partial charge on any atom is 0.158 e. The van der Waals surface area contributed by atoms with Crippen molar-refractivity contribution in [3.63, 3.8) is 0 Å². The van der Waals surface area contributed by atoms with Crippen molar-refractivity contribution < 1.29 is 14.6 Å². The van der Waals surface area contributed by atoms with E-state index < -0.39 is 6.10 Å². The second-order valence-corrected chi connectivity index (χ2v) is 9.11. The molecule has 0 radical (unpaired) electrons. The van der Waals surface area contributed by atoms with Crippen molar-refractivity contribution >= 4 is 0 Å². The van der Waals surface area contributed by atoms with Gasteiger partial charge < -0.3 is 14.6 Å². The molecule has 0 spiro atoms. The fraction of sp³-hybridized carbons (Fsp3) is 0.727. The number of aliphatic hydroxyl groups excluding tert-OH is 1. The predicted octanol–water partition coefficient (Wildman–Crippen LogP) is 4.70. The first-order chi connectivity index (χ1) is 11.9. The summed E-state index contributed by atoms with van der Waals surface area (Å²) in [5, 5.41) is 10.7. The van der Waals surface area contributed by atoms with E-state index in [1.165, 1.54) is 12.8 Å². The van der Waals surface area contributed by atoms with E-state index >= 15 is 0 Å². The first-order valence-electron chi connectivity index (χ1n) is 9.92. The van der Waals surface area contributed by atoms with Gasteiger partial charge in [0.2, 0.25) is 0 Å². The average molecular weight is 344 g/mol. The minimum Gasteiger partial charge on any atom is -0.386 e. The van der Waals surface area contributed by atoms with E-state index in [0.29, 0.717) is 17.4 Å². The van der Waals surface area contributed by atoms with E-state index in [9.17, 15) is 5.11 Å². The third-order valence-corrected chi connectivity index (χ3v) is 7.89. The van der Waals surface area contributed by atoms with Gasteiger partial charge in [0, 0.05) is 6.42 Å². The van der Waals surface area contributed by atoms with Gasteiger partial charge in [0.05, 0.1) is 12.2 Å². The second kappa shape index (κ2) is 6.07. The fourth-order valence-corrected chi connectivity index (χ4v) is 6.03. The van der Waals surface area contributed by atoms with Crippen molar-refractivity contribution in [3.05, 3.63) is 35.9 Å². The van der Waals surface area contributed by atoms with Crippen LogP contribution in [0.2, 0.25) is 0 Å². The number of fused-ring (bicyclic) bond motifs is 5. The predicted molar refractivity (Wildman–Crippen MR) is 97.9 cm³/mol. The Morgan fingerprint density at radius 3 is 2.60 bits per heavy atom. The van der Waals surface area contributed by atoms with Crippen LogP contribution in [-0.4, -0.2) is 23.6 Å². The van der Waals surface area contributed by atoms with Gasteiger partial charge in [-0.15, -0.1) is 0 Å². The van der Waals surface area contributed by atoms with E-state index in [1.54, 1.807) is 0 Å². The third-order valence-electron chi connectivity index (χ3n) is 7.89. The third kappa shape index (κ3) is 2.50. The summed E-state index contributed by atoms with van der Waals surface area (Å²) in [6.45, 7) is 9.34. The number of aliphatic hydroxyl groups is 1. The van der Waals surface area contributed by atoms with Crippen LogP contribution in [0.1, 0.15) is 65.0 Å². The average Bonchev–Trinajstić information content (AvgIpc) is 3.17. The second-order valence-electron chi connectivity index (χ2n) is 9.11. The highest BCUT2D eigenvalue weighted by atomic mass is 16.7. The maximum absolute atomic E-state index is 10.7. The smallest absolute Gasteiger partial charge is 0.158 e. The lowest BCUT2D eigenvalue weighted by Gasteiger charge is -2.39. The van der Waals surface area contributed by atoms with E-state index in [0.717, 1.165) is 24.3 Å². The number of hydrogen-bond acceptors (Lipinski definition) is 3. The summed E-state index contributed by atoms with van der Waals surface area (Å²) in [6, 6.07) is 9.82. The molecular weight excluding hydrogens is 312 g/mol. The summed E-state index contributed by atoms with van der Waals surface area (Å²) in [5.41, 5.74) is 1.54. The van der Waals surface area contributed by atoms with Crippen molar-refractivity contribution in [2.45, 2.75) is 78.0 Å². The summed E-state index contributed by atoms with van der Waals surface area (Å²) in [5.74, 6) is 1.36. The van der Waals surface area contributed by atoms with Gasteiger partial charge in [0.1, 0.15) is 6.10 Å². The highest BCUT2D eigenvalue weighted by Crippen LogP contribution is 2.71. The highest BCUT2D eigenvalue weighted by molar-refractivity contribution is 5.19. The van der Waals surface area contributed by atoms with Crippen LogP contribution < -0.4 is 0 Å². The monoisotopic (exact) mass is 344 g/mol. The topological polar surface area (TPSA) is 38.7 Å². The lowest BCUT2D eigenvalue weighted by molar-refractivity contribution is -0.204. The molecule has 138 valence electrons. The van der Waals surface area contributed by atoms with Crippen LogP contribution in [0.5, 0.6) is 0 Å². The van der Waals surface area contributed by atoms with Crippen molar-refractivity contribution in [2.24, 2.45) is 22.7 Å². The molecule has 2 saturated carbocycles. The SMILES string of the molecule is CC[C@@H](O[C@@H]1C[C@H]2[C@H]3CC[C@@](C)([C@H]2O1)C3(C)C)[C@@H](O)c1ccccc1. The summed E-state index contributed by atoms with van der Waals surface area (Å²) >= 11 is 0. The molecule has 3 nitrogen and oxygen atoms in total. The van der Waals surface area contributed by atoms with Gasteiger partial charge in [-0.05, 0) is 47.5 Å². The molecule has 1 saturated heterocycles. The maximum atomic E-state index is 10.7. The normalized spacial score (nSPS) is 40.8. The largest absolute Gasteiger partial charge is 0.386 e. The van der Waals surface area contributed by atoms with Gasteiger partial charge in [-0.25, -0.2) is 0 Å². The lowest BCUT2D eigenvalue weighted by atomic mass is 9.70. The van der Waals surface area contributed by atoms with Crippen LogP contribution >= 0.6 is 0 Å². The van der Waals surface area contributed by atoms with E-state index in [-0.39, 0.29) is 17.8 Å². The Morgan fingerprint density at radius 1 is 1.24 bits per heavy atom. The molecular formula is C22H32O3. The first-order valence-corrected chi connectivity index (χ1v) is 9.92. The van der Waals surface area contributed by atoms with Crippen LogP contribution in [0.4, 0.5) is 0 Å². The molecule has 0 aromatic heterocycles. The standard InChI is InChI=1S/C22H32O3/c1-5-17(19(23)14-9-7-6-8-10-14)24-18-13-15-16-11-12-22(4,20(15)25-18)21(16,2)3/h6-10,15-20,23H,5,11-13H2,1-4H3/t15-,16+,17+,18-,19-,20-,22-/m0/s1. The van der Waals surface area contributed by atoms with Crippen molar-refractivity contribution in [1.29, 1.82) is 0 Å². The molecule has 1 aromatic carbocycles. The molecule has 2 aliphatic carbocycles. The molecule has 2 bridgehead atoms. The quantitative estimate of drug-likeness (QED) is 0.841. The van der Waals surface area contributed by atoms with E-state index in [1.807, 2.05) is 30.3 Å². The van der Waals surface area contributed by atoms with Gasteiger partial charge >= 0.3 is 0 Å². The number of rotatable bonds is 5. The molecule has 0 amide bonds. The molecule has 1 aromatic rings. The Labute approximate surface area is 151 Å². The molecule has 3 heteroatoms. The first kappa shape index (κ1) is 17.5. The number of ether oxygens (including phenoxy) is 2. The van der Waals surface area contributed by atoms with Gasteiger partial charge in [-0.2, -0.15) is 0 Å². The molecule has 1 aliphatic heterocycles. The molecule has 4 rings (SSSR count). The van der Waals surface area contributed by atoms with Crippen LogP contribution in [0, 0.1) is 22.7 Å². The van der Waals surface area contributed by atoms with Crippen molar-refractivity contribution in [1.82, 2.24) is 0 Å². The van der Waals surface area contributed by atoms with E-state index in [2.05, 4.69) is 27.7 Å². The van der Waals surface area contributed by atoms with Crippen LogP contribution in [0.15, 0.2) is 30.3 Å². The minimum atomic E-state index is -0.598. The zero-order chi connectivity index (χ0) is 17.8. The Kier molecular flexibility index (Phi) is 4.25. The molecule has 1 N–H and O–H groups in total. The molecule has 3 aliphatic rings. The summed E-state index contributed by atoms with van der Waals surface area (Å²) in [4.78, 5) is 0. The molecule has 0 unspecified atom stereocenters. The Hall–Kier alpha value is -0.900. The van der Waals surface area contributed by atoms with Crippen LogP contribution in [0.25, 0.3) is 0 Å². The van der Waals surface area contributed by atoms with Gasteiger partial charge in [0.25, 0.3) is 0 Å². The molecule has 3 fully saturated rings. The van der Waals surface area contributed by atoms with Crippen molar-refractivity contribution in [2.75, 3.05) is 0 Å². The Balaban J connectivity index is 1.45. The minimum absolute atomic E-state index is 0.172. The van der Waals surface area contributed by atoms with Gasteiger partial charge in [0.15, 0.2) is 6.29 Å². The van der Waals surface area contributed by atoms with Crippen LogP contribution in [0.3, 0.4) is 0 Å². The Bertz CT molecular complexity index is 613. The summed E-state index contributed by atoms with van der Waals surface area (Å²) in [6.07, 6.45) is 3.67. The van der Waals surface area contributed by atoms with Crippen LogP contribution in [-0.2, 0) is 9.47 Å². The number of benzene rings is 1. The zero-order valence-corrected chi connectivity index (χ0v) is 15.9. The van der Waals surface area contributed by atoms with E-state index in [4.69, 9.17) is 9.47 Å². The van der Waals surface area contributed by atoms with Gasteiger partial charge in [-0.3, -0.25) is 0 Å². The summed E-state index contributed by atoms with van der Waals surface area (Å²) in [7, 11) is 0. The van der Waals surface area contributed by atoms with Crippen molar-refractivity contribution in [3.8, 4) is 0 Å². The molecule has 25 heavy (non-hydrogen) atoms. The highest BCUT2D eigenvalue weighted by Gasteiger charge is 2.69. The lowest BCUT2D eigenvalue weighted by Crippen LogP contribution is -2.38. The number of hydrogen-bond donors (Lipinski definition) is 1. The summed E-state index contributed by atoms with van der Waals surface area (Å²) < 4.78 is 12.7. The Morgan fingerprint density at radius 2 is 1.96 bits per heavy atom. The molecule has 7 atom stereocenters. The fourth-order valence-electron chi connectivity index (χ4n) is 6.03. The van der Waals surface area contributed by atoms with Gasteiger partial charge in [-0.1, -0.05) is 58.0 Å².